The molecule has 0 aromatic rings. The average molecular weight is 478 g/mol. The Morgan fingerprint density at radius 2 is 1.24 bits per heavy atom. The Labute approximate surface area is 198 Å². The van der Waals surface area contributed by atoms with Gasteiger partial charge in [-0.05, 0) is 27.2 Å². The number of hydrogen-bond acceptors (Lipinski definition) is 11. The van der Waals surface area contributed by atoms with Crippen molar-refractivity contribution in [1.82, 2.24) is 14.7 Å². The molecule has 0 saturated carbocycles. The van der Waals surface area contributed by atoms with E-state index in [1.54, 1.807) is 0 Å². The Morgan fingerprint density at radius 1 is 0.667 bits per heavy atom. The minimum Gasteiger partial charge on any atom is -0.377 e. The molecule has 0 radical (unpaired) electrons. The van der Waals surface area contributed by atoms with Gasteiger partial charge in [0.05, 0.1) is 45.9 Å². The first kappa shape index (κ1) is 27.2. The van der Waals surface area contributed by atoms with E-state index < -0.39 is 0 Å². The van der Waals surface area contributed by atoms with E-state index in [1.165, 1.54) is 0 Å². The highest BCUT2D eigenvalue weighted by atomic mass is 16.7. The van der Waals surface area contributed by atoms with Crippen molar-refractivity contribution in [2.45, 2.75) is 51.4 Å². The number of nitrogens with zero attached hydrogens (tertiary/aromatic N) is 3. The molecule has 3 saturated heterocycles. The van der Waals surface area contributed by atoms with Gasteiger partial charge in [0.15, 0.2) is 0 Å². The molecular formula is C22H43N3O8. The van der Waals surface area contributed by atoms with Crippen LogP contribution in [0, 0.1) is 0 Å². The van der Waals surface area contributed by atoms with Crippen LogP contribution in [0.4, 0.5) is 0 Å². The first-order valence-electron chi connectivity index (χ1n) is 12.0. The second-order valence-electron chi connectivity index (χ2n) is 8.91. The molecule has 11 heteroatoms. The molecule has 3 aliphatic rings. The second kappa shape index (κ2) is 15.5. The summed E-state index contributed by atoms with van der Waals surface area (Å²) in [4.78, 5) is 6.51. The molecule has 3 fully saturated rings. The molecule has 11 nitrogen and oxygen atoms in total. The van der Waals surface area contributed by atoms with E-state index in [2.05, 4.69) is 35.5 Å². The molecule has 0 aliphatic carbocycles. The van der Waals surface area contributed by atoms with Crippen molar-refractivity contribution in [3.63, 3.8) is 0 Å². The molecule has 4 unspecified atom stereocenters. The van der Waals surface area contributed by atoms with Crippen LogP contribution in [0.1, 0.15) is 27.2 Å². The molecule has 194 valence electrons. The molecule has 0 N–H and O–H groups in total. The summed E-state index contributed by atoms with van der Waals surface area (Å²) >= 11 is 0. The molecule has 33 heavy (non-hydrogen) atoms. The van der Waals surface area contributed by atoms with Crippen molar-refractivity contribution < 1.29 is 37.9 Å². The fourth-order valence-corrected chi connectivity index (χ4v) is 3.90. The van der Waals surface area contributed by atoms with Crippen LogP contribution < -0.4 is 0 Å². The Balaban J connectivity index is 1.37. The van der Waals surface area contributed by atoms with Crippen molar-refractivity contribution in [1.29, 1.82) is 0 Å². The first-order valence-corrected chi connectivity index (χ1v) is 12.0. The third-order valence-electron chi connectivity index (χ3n) is 6.27. The Hall–Kier alpha value is -0.440. The van der Waals surface area contributed by atoms with E-state index >= 15 is 0 Å². The zero-order chi connectivity index (χ0) is 23.3. The summed E-state index contributed by atoms with van der Waals surface area (Å²) in [7, 11) is 0. The second-order valence-corrected chi connectivity index (χ2v) is 8.91. The molecular weight excluding hydrogens is 434 g/mol. The van der Waals surface area contributed by atoms with Gasteiger partial charge < -0.3 is 37.9 Å². The van der Waals surface area contributed by atoms with Gasteiger partial charge in [-0.3, -0.25) is 14.7 Å². The van der Waals surface area contributed by atoms with Crippen LogP contribution in [0.5, 0.6) is 0 Å². The quantitative estimate of drug-likeness (QED) is 0.331. The molecule has 3 heterocycles. The normalized spacial score (nSPS) is 25.5. The van der Waals surface area contributed by atoms with Gasteiger partial charge in [0.2, 0.25) is 0 Å². The van der Waals surface area contributed by atoms with Crippen molar-refractivity contribution in [3.8, 4) is 0 Å². The lowest BCUT2D eigenvalue weighted by molar-refractivity contribution is -0.199. The van der Waals surface area contributed by atoms with Gasteiger partial charge in [-0.2, -0.15) is 0 Å². The molecule has 4 atom stereocenters. The van der Waals surface area contributed by atoms with Gasteiger partial charge in [0.25, 0.3) is 0 Å². The summed E-state index contributed by atoms with van der Waals surface area (Å²) < 4.78 is 45.2. The van der Waals surface area contributed by atoms with E-state index in [1.807, 2.05) is 0 Å². The van der Waals surface area contributed by atoms with Crippen LogP contribution in [0.25, 0.3) is 0 Å². The van der Waals surface area contributed by atoms with Crippen LogP contribution in [0.15, 0.2) is 0 Å². The highest BCUT2D eigenvalue weighted by Crippen LogP contribution is 2.14. The summed E-state index contributed by atoms with van der Waals surface area (Å²) in [6.07, 6.45) is 0.965. The fraction of sp³-hybridized carbons (Fsp3) is 1.00. The highest BCUT2D eigenvalue weighted by molar-refractivity contribution is 4.77. The lowest BCUT2D eigenvalue weighted by Gasteiger charge is -2.37. The molecule has 0 amide bonds. The first-order chi connectivity index (χ1) is 16.1. The summed E-state index contributed by atoms with van der Waals surface area (Å²) in [5.41, 5.74) is 0. The topological polar surface area (TPSA) is 83.6 Å². The van der Waals surface area contributed by atoms with Crippen LogP contribution in [-0.4, -0.2) is 132 Å². The third-order valence-corrected chi connectivity index (χ3v) is 6.27. The zero-order valence-electron chi connectivity index (χ0n) is 20.5. The monoisotopic (exact) mass is 477 g/mol. The standard InChI is InChI=1S/C22H43N3O8/c1-19(24-13-29-17-30-14-24)9-26-7-8-33-22(21(3)23-5-4-6-27-12-23)11-28-10-20(2)25-15-31-18-32-16-25/h19-22H,4-18H2,1-3H3. The molecule has 0 aromatic heterocycles. The fourth-order valence-electron chi connectivity index (χ4n) is 3.90. The molecule has 0 bridgehead atoms. The summed E-state index contributed by atoms with van der Waals surface area (Å²) in [6, 6.07) is 0.606. The Bertz CT molecular complexity index is 502. The lowest BCUT2D eigenvalue weighted by Crippen LogP contribution is -2.49. The number of hydrogen-bond donors (Lipinski definition) is 0. The van der Waals surface area contributed by atoms with Crippen LogP contribution in [0.2, 0.25) is 0 Å². The summed E-state index contributed by atoms with van der Waals surface area (Å²) in [6.45, 7) is 14.6. The Kier molecular flexibility index (Phi) is 12.8. The lowest BCUT2D eigenvalue weighted by atomic mass is 10.1. The molecule has 3 rings (SSSR count). The summed E-state index contributed by atoms with van der Waals surface area (Å²) in [5.74, 6) is 0. The van der Waals surface area contributed by atoms with Gasteiger partial charge in [-0.1, -0.05) is 0 Å². The largest absolute Gasteiger partial charge is 0.377 e. The SMILES string of the molecule is CC(COCCOC(COCC(C)N1COCOC1)C(C)N1CCCOC1)N1COCOC1. The third kappa shape index (κ3) is 9.61. The smallest absolute Gasteiger partial charge is 0.150 e. The van der Waals surface area contributed by atoms with Gasteiger partial charge in [0.1, 0.15) is 40.5 Å². The average Bonchev–Trinajstić information content (AvgIpc) is 2.88. The van der Waals surface area contributed by atoms with Crippen molar-refractivity contribution in [3.05, 3.63) is 0 Å². The maximum atomic E-state index is 6.24. The maximum Gasteiger partial charge on any atom is 0.150 e. The van der Waals surface area contributed by atoms with E-state index in [-0.39, 0.29) is 24.2 Å². The maximum absolute atomic E-state index is 6.24. The van der Waals surface area contributed by atoms with Gasteiger partial charge >= 0.3 is 0 Å². The Morgan fingerprint density at radius 3 is 1.82 bits per heavy atom. The van der Waals surface area contributed by atoms with Gasteiger partial charge in [-0.25, -0.2) is 0 Å². The predicted octanol–water partition coefficient (Wildman–Crippen LogP) is 0.693. The van der Waals surface area contributed by atoms with Crippen molar-refractivity contribution >= 4 is 0 Å². The predicted molar refractivity (Wildman–Crippen MR) is 119 cm³/mol. The number of rotatable bonds is 14. The molecule has 0 aromatic carbocycles. The minimum absolute atomic E-state index is 0.0716. The summed E-state index contributed by atoms with van der Waals surface area (Å²) in [5, 5.41) is 0. The highest BCUT2D eigenvalue weighted by Gasteiger charge is 2.27. The van der Waals surface area contributed by atoms with Crippen LogP contribution >= 0.6 is 0 Å². The number of ether oxygens (including phenoxy) is 8. The van der Waals surface area contributed by atoms with E-state index in [9.17, 15) is 0 Å². The van der Waals surface area contributed by atoms with Crippen molar-refractivity contribution in [2.75, 3.05) is 93.4 Å². The van der Waals surface area contributed by atoms with E-state index in [4.69, 9.17) is 37.9 Å². The van der Waals surface area contributed by atoms with Crippen LogP contribution in [0.3, 0.4) is 0 Å². The van der Waals surface area contributed by atoms with Gasteiger partial charge in [-0.15, -0.1) is 0 Å². The molecule has 0 spiro atoms. The van der Waals surface area contributed by atoms with Gasteiger partial charge in [0, 0.05) is 31.3 Å². The van der Waals surface area contributed by atoms with Crippen LogP contribution in [-0.2, 0) is 37.9 Å². The van der Waals surface area contributed by atoms with E-state index in [0.29, 0.717) is 80.3 Å². The minimum atomic E-state index is -0.0716. The van der Waals surface area contributed by atoms with Crippen molar-refractivity contribution in [2.24, 2.45) is 0 Å². The van der Waals surface area contributed by atoms with E-state index in [0.717, 1.165) is 19.6 Å². The molecule has 3 aliphatic heterocycles. The zero-order valence-corrected chi connectivity index (χ0v) is 20.5.